The lowest BCUT2D eigenvalue weighted by Gasteiger charge is -2.30. The SMILES string of the molecule is CC(C)NS(=O)(=O)c1cccc(CNC(=O)C2CCN(C(=O)c3ccco3)CC2)c1. The Morgan fingerprint density at radius 1 is 1.17 bits per heavy atom. The van der Waals surface area contributed by atoms with E-state index in [1.807, 2.05) is 0 Å². The van der Waals surface area contributed by atoms with E-state index in [-0.39, 0.29) is 35.2 Å². The number of hydrogen-bond donors (Lipinski definition) is 2. The lowest BCUT2D eigenvalue weighted by Crippen LogP contribution is -2.42. The number of likely N-dealkylation sites (tertiary alicyclic amines) is 1. The Bertz CT molecular complexity index is 978. The van der Waals surface area contributed by atoms with Crippen molar-refractivity contribution in [1.29, 1.82) is 0 Å². The second-order valence-electron chi connectivity index (χ2n) is 7.68. The molecule has 1 aromatic carbocycles. The number of amides is 2. The summed E-state index contributed by atoms with van der Waals surface area (Å²) in [6.45, 7) is 4.75. The van der Waals surface area contributed by atoms with Crippen molar-refractivity contribution in [2.24, 2.45) is 5.92 Å². The van der Waals surface area contributed by atoms with E-state index in [0.29, 0.717) is 37.3 Å². The quantitative estimate of drug-likeness (QED) is 0.695. The Balaban J connectivity index is 1.52. The van der Waals surface area contributed by atoms with E-state index >= 15 is 0 Å². The van der Waals surface area contributed by atoms with Crippen LogP contribution in [0.5, 0.6) is 0 Å². The molecule has 0 saturated carbocycles. The monoisotopic (exact) mass is 433 g/mol. The molecule has 0 bridgehead atoms. The first-order chi connectivity index (χ1) is 14.3. The molecule has 30 heavy (non-hydrogen) atoms. The number of piperidine rings is 1. The Morgan fingerprint density at radius 3 is 2.53 bits per heavy atom. The predicted octanol–water partition coefficient (Wildman–Crippen LogP) is 2.13. The van der Waals surface area contributed by atoms with Gasteiger partial charge in [0.2, 0.25) is 15.9 Å². The number of carbonyl (C=O) groups is 2. The van der Waals surface area contributed by atoms with Gasteiger partial charge in [0.15, 0.2) is 5.76 Å². The van der Waals surface area contributed by atoms with E-state index in [0.717, 1.165) is 0 Å². The highest BCUT2D eigenvalue weighted by Gasteiger charge is 2.28. The average molecular weight is 434 g/mol. The lowest BCUT2D eigenvalue weighted by molar-refractivity contribution is -0.126. The molecule has 2 heterocycles. The summed E-state index contributed by atoms with van der Waals surface area (Å²) in [6.07, 6.45) is 2.61. The van der Waals surface area contributed by atoms with Gasteiger partial charge in [-0.1, -0.05) is 12.1 Å². The maximum Gasteiger partial charge on any atom is 0.289 e. The van der Waals surface area contributed by atoms with E-state index in [9.17, 15) is 18.0 Å². The minimum atomic E-state index is -3.58. The van der Waals surface area contributed by atoms with Gasteiger partial charge in [-0.2, -0.15) is 0 Å². The van der Waals surface area contributed by atoms with Crippen LogP contribution in [0.3, 0.4) is 0 Å². The van der Waals surface area contributed by atoms with Crippen molar-refractivity contribution in [3.05, 3.63) is 54.0 Å². The number of benzene rings is 1. The van der Waals surface area contributed by atoms with Gasteiger partial charge in [-0.15, -0.1) is 0 Å². The van der Waals surface area contributed by atoms with E-state index in [1.165, 1.54) is 12.3 Å². The van der Waals surface area contributed by atoms with Crippen molar-refractivity contribution in [3.63, 3.8) is 0 Å². The third-order valence-corrected chi connectivity index (χ3v) is 6.61. The van der Waals surface area contributed by atoms with Gasteiger partial charge in [0.25, 0.3) is 5.91 Å². The van der Waals surface area contributed by atoms with Crippen LogP contribution in [0, 0.1) is 5.92 Å². The summed E-state index contributed by atoms with van der Waals surface area (Å²) in [5.74, 6) is -0.125. The van der Waals surface area contributed by atoms with Crippen molar-refractivity contribution in [3.8, 4) is 0 Å². The lowest BCUT2D eigenvalue weighted by atomic mass is 9.95. The summed E-state index contributed by atoms with van der Waals surface area (Å²) in [5.41, 5.74) is 0.709. The van der Waals surface area contributed by atoms with Gasteiger partial charge in [0.1, 0.15) is 0 Å². The molecule has 3 rings (SSSR count). The highest BCUT2D eigenvalue weighted by atomic mass is 32.2. The number of hydrogen-bond acceptors (Lipinski definition) is 5. The van der Waals surface area contributed by atoms with Crippen molar-refractivity contribution < 1.29 is 22.4 Å². The second kappa shape index (κ2) is 9.44. The summed E-state index contributed by atoms with van der Waals surface area (Å²) in [7, 11) is -3.58. The standard InChI is InChI=1S/C21H27N3O5S/c1-15(2)23-30(27,28)18-6-3-5-16(13-18)14-22-20(25)17-8-10-24(11-9-17)21(26)19-7-4-12-29-19/h3-7,12-13,15,17,23H,8-11,14H2,1-2H3,(H,22,25). The zero-order valence-corrected chi connectivity index (χ0v) is 17.9. The van der Waals surface area contributed by atoms with Gasteiger partial charge < -0.3 is 14.6 Å². The fourth-order valence-electron chi connectivity index (χ4n) is 3.44. The fraction of sp³-hybridized carbons (Fsp3) is 0.429. The van der Waals surface area contributed by atoms with Gasteiger partial charge in [0, 0.05) is 31.6 Å². The molecule has 0 spiro atoms. The molecule has 1 aliphatic heterocycles. The first kappa shape index (κ1) is 22.0. The summed E-state index contributed by atoms with van der Waals surface area (Å²) < 4.78 is 32.3. The van der Waals surface area contributed by atoms with Crippen molar-refractivity contribution in [2.45, 2.75) is 44.2 Å². The third kappa shape index (κ3) is 5.48. The summed E-state index contributed by atoms with van der Waals surface area (Å²) in [5, 5.41) is 2.88. The van der Waals surface area contributed by atoms with Crippen LogP contribution in [0.15, 0.2) is 52.0 Å². The number of furan rings is 1. The van der Waals surface area contributed by atoms with E-state index in [4.69, 9.17) is 4.42 Å². The minimum Gasteiger partial charge on any atom is -0.459 e. The Labute approximate surface area is 176 Å². The van der Waals surface area contributed by atoms with Crippen LogP contribution in [-0.2, 0) is 21.4 Å². The first-order valence-electron chi connectivity index (χ1n) is 9.98. The molecule has 1 fully saturated rings. The molecule has 0 unspecified atom stereocenters. The molecule has 1 aromatic heterocycles. The average Bonchev–Trinajstić information content (AvgIpc) is 3.26. The van der Waals surface area contributed by atoms with Crippen molar-refractivity contribution in [1.82, 2.24) is 14.9 Å². The minimum absolute atomic E-state index is 0.0892. The molecular weight excluding hydrogens is 406 g/mol. The van der Waals surface area contributed by atoms with Gasteiger partial charge >= 0.3 is 0 Å². The summed E-state index contributed by atoms with van der Waals surface area (Å²) in [6, 6.07) is 9.63. The molecule has 9 heteroatoms. The molecule has 0 atom stereocenters. The zero-order chi connectivity index (χ0) is 21.7. The number of nitrogens with one attached hydrogen (secondary N) is 2. The van der Waals surface area contributed by atoms with E-state index in [1.54, 1.807) is 49.1 Å². The Hall–Kier alpha value is -2.65. The Kier molecular flexibility index (Phi) is 6.94. The molecule has 0 radical (unpaired) electrons. The number of sulfonamides is 1. The highest BCUT2D eigenvalue weighted by Crippen LogP contribution is 2.20. The van der Waals surface area contributed by atoms with Gasteiger partial charge in [-0.05, 0) is 56.5 Å². The van der Waals surface area contributed by atoms with Crippen molar-refractivity contribution in [2.75, 3.05) is 13.1 Å². The number of carbonyl (C=O) groups excluding carboxylic acids is 2. The van der Waals surface area contributed by atoms with Crippen molar-refractivity contribution >= 4 is 21.8 Å². The van der Waals surface area contributed by atoms with E-state index < -0.39 is 10.0 Å². The van der Waals surface area contributed by atoms with Crippen LogP contribution in [0.1, 0.15) is 42.8 Å². The molecule has 1 aliphatic rings. The summed E-state index contributed by atoms with van der Waals surface area (Å²) >= 11 is 0. The Morgan fingerprint density at radius 2 is 1.90 bits per heavy atom. The molecule has 2 amide bonds. The normalized spacial score (nSPS) is 15.4. The molecule has 2 aromatic rings. The molecular formula is C21H27N3O5S. The fourth-order valence-corrected chi connectivity index (χ4v) is 4.76. The van der Waals surface area contributed by atoms with Gasteiger partial charge in [-0.25, -0.2) is 13.1 Å². The van der Waals surface area contributed by atoms with Crippen LogP contribution in [-0.4, -0.2) is 44.3 Å². The van der Waals surface area contributed by atoms with E-state index in [2.05, 4.69) is 10.0 Å². The predicted molar refractivity (Wildman–Crippen MR) is 111 cm³/mol. The maximum atomic E-state index is 12.5. The van der Waals surface area contributed by atoms with Crippen LogP contribution in [0.2, 0.25) is 0 Å². The van der Waals surface area contributed by atoms with Crippen LogP contribution < -0.4 is 10.0 Å². The number of nitrogens with zero attached hydrogens (tertiary/aromatic N) is 1. The van der Waals surface area contributed by atoms with Crippen LogP contribution in [0.4, 0.5) is 0 Å². The highest BCUT2D eigenvalue weighted by molar-refractivity contribution is 7.89. The van der Waals surface area contributed by atoms with Crippen LogP contribution >= 0.6 is 0 Å². The summed E-state index contributed by atoms with van der Waals surface area (Å²) in [4.78, 5) is 26.7. The third-order valence-electron chi connectivity index (χ3n) is 4.95. The smallest absolute Gasteiger partial charge is 0.289 e. The molecule has 0 aliphatic carbocycles. The molecule has 162 valence electrons. The van der Waals surface area contributed by atoms with Gasteiger partial charge in [0.05, 0.1) is 11.2 Å². The molecule has 1 saturated heterocycles. The topological polar surface area (TPSA) is 109 Å². The first-order valence-corrected chi connectivity index (χ1v) is 11.5. The van der Waals surface area contributed by atoms with Crippen LogP contribution in [0.25, 0.3) is 0 Å². The molecule has 2 N–H and O–H groups in total. The zero-order valence-electron chi connectivity index (χ0n) is 17.1. The van der Waals surface area contributed by atoms with Gasteiger partial charge in [-0.3, -0.25) is 9.59 Å². The molecule has 8 nitrogen and oxygen atoms in total. The second-order valence-corrected chi connectivity index (χ2v) is 9.40. The maximum absolute atomic E-state index is 12.5. The largest absolute Gasteiger partial charge is 0.459 e. The number of rotatable bonds is 7.